The summed E-state index contributed by atoms with van der Waals surface area (Å²) in [6, 6.07) is 0. The molecule has 0 aliphatic carbocycles. The number of esters is 1. The number of hydrogen-bond donors (Lipinski definition) is 2. The molecule has 1 aromatic rings. The van der Waals surface area contributed by atoms with E-state index in [0.29, 0.717) is 0 Å². The summed E-state index contributed by atoms with van der Waals surface area (Å²) in [6.45, 7) is 1.79. The highest BCUT2D eigenvalue weighted by Crippen LogP contribution is 2.30. The van der Waals surface area contributed by atoms with Crippen molar-refractivity contribution in [3.8, 4) is 0 Å². The van der Waals surface area contributed by atoms with E-state index < -0.39 is 18.0 Å². The molecule has 0 aliphatic rings. The van der Waals surface area contributed by atoms with Crippen molar-refractivity contribution in [2.75, 3.05) is 12.3 Å². The van der Waals surface area contributed by atoms with E-state index in [1.807, 2.05) is 0 Å². The SMILES string of the molecule is CCOC(=O)Cc1cnc(CN)c(N)c1C(F)F. The van der Waals surface area contributed by atoms with Crippen LogP contribution in [0.3, 0.4) is 0 Å². The molecule has 4 N–H and O–H groups in total. The fraction of sp³-hybridized carbons (Fsp3) is 0.455. The van der Waals surface area contributed by atoms with Gasteiger partial charge in [0.05, 0.1) is 24.4 Å². The van der Waals surface area contributed by atoms with E-state index in [0.717, 1.165) is 0 Å². The number of carbonyl (C=O) groups is 1. The Morgan fingerprint density at radius 1 is 1.56 bits per heavy atom. The van der Waals surface area contributed by atoms with Crippen LogP contribution in [0.2, 0.25) is 0 Å². The number of pyridine rings is 1. The molecule has 0 saturated heterocycles. The Morgan fingerprint density at radius 3 is 2.72 bits per heavy atom. The molecule has 1 rings (SSSR count). The van der Waals surface area contributed by atoms with Crippen molar-refractivity contribution >= 4 is 11.7 Å². The van der Waals surface area contributed by atoms with E-state index in [9.17, 15) is 13.6 Å². The fourth-order valence-corrected chi connectivity index (χ4v) is 1.55. The van der Waals surface area contributed by atoms with Crippen LogP contribution in [0, 0.1) is 0 Å². The Hall–Kier alpha value is -1.76. The number of halogens is 2. The molecule has 0 fully saturated rings. The van der Waals surface area contributed by atoms with Gasteiger partial charge in [0.15, 0.2) is 0 Å². The summed E-state index contributed by atoms with van der Waals surface area (Å²) in [5, 5.41) is 0. The van der Waals surface area contributed by atoms with Crippen LogP contribution in [0.5, 0.6) is 0 Å². The highest BCUT2D eigenvalue weighted by atomic mass is 19.3. The Labute approximate surface area is 103 Å². The molecule has 0 spiro atoms. The average molecular weight is 259 g/mol. The summed E-state index contributed by atoms with van der Waals surface area (Å²) in [4.78, 5) is 15.2. The second-order valence-electron chi connectivity index (χ2n) is 3.54. The number of carbonyl (C=O) groups excluding carboxylic acids is 1. The first-order valence-corrected chi connectivity index (χ1v) is 5.41. The molecule has 0 aliphatic heterocycles. The number of anilines is 1. The van der Waals surface area contributed by atoms with Crippen LogP contribution >= 0.6 is 0 Å². The van der Waals surface area contributed by atoms with Gasteiger partial charge < -0.3 is 16.2 Å². The Bertz CT molecular complexity index is 439. The number of rotatable bonds is 5. The van der Waals surface area contributed by atoms with Crippen molar-refractivity contribution in [2.45, 2.75) is 26.3 Å². The van der Waals surface area contributed by atoms with Crippen LogP contribution in [0.4, 0.5) is 14.5 Å². The fourth-order valence-electron chi connectivity index (χ4n) is 1.55. The molecule has 0 atom stereocenters. The lowest BCUT2D eigenvalue weighted by Crippen LogP contribution is -2.14. The quantitative estimate of drug-likeness (QED) is 0.774. The Kier molecular flexibility index (Phi) is 4.96. The first-order chi connectivity index (χ1) is 8.51. The molecule has 7 heteroatoms. The van der Waals surface area contributed by atoms with E-state index in [1.165, 1.54) is 6.20 Å². The first kappa shape index (κ1) is 14.3. The monoisotopic (exact) mass is 259 g/mol. The minimum atomic E-state index is -2.79. The van der Waals surface area contributed by atoms with Gasteiger partial charge in [-0.05, 0) is 12.5 Å². The van der Waals surface area contributed by atoms with Gasteiger partial charge in [-0.1, -0.05) is 0 Å². The van der Waals surface area contributed by atoms with E-state index in [1.54, 1.807) is 6.92 Å². The smallest absolute Gasteiger partial charge is 0.310 e. The summed E-state index contributed by atoms with van der Waals surface area (Å²) in [5.41, 5.74) is 10.6. The van der Waals surface area contributed by atoms with Gasteiger partial charge in [-0.2, -0.15) is 0 Å². The van der Waals surface area contributed by atoms with Crippen molar-refractivity contribution in [1.82, 2.24) is 4.98 Å². The van der Waals surface area contributed by atoms with Gasteiger partial charge in [-0.15, -0.1) is 0 Å². The normalized spacial score (nSPS) is 10.7. The molecule has 0 amide bonds. The zero-order valence-corrected chi connectivity index (χ0v) is 9.95. The molecular formula is C11H15F2N3O2. The molecular weight excluding hydrogens is 244 g/mol. The average Bonchev–Trinajstić information content (AvgIpc) is 2.29. The molecule has 1 aromatic heterocycles. The van der Waals surface area contributed by atoms with Gasteiger partial charge in [0.1, 0.15) is 0 Å². The zero-order valence-electron chi connectivity index (χ0n) is 9.95. The topological polar surface area (TPSA) is 91.2 Å². The van der Waals surface area contributed by atoms with Crippen LogP contribution in [-0.4, -0.2) is 17.6 Å². The number of nitrogens with zero attached hydrogens (tertiary/aromatic N) is 1. The van der Waals surface area contributed by atoms with E-state index in [4.69, 9.17) is 16.2 Å². The summed E-state index contributed by atoms with van der Waals surface area (Å²) < 4.78 is 30.6. The van der Waals surface area contributed by atoms with Crippen molar-refractivity contribution in [2.24, 2.45) is 5.73 Å². The summed E-state index contributed by atoms with van der Waals surface area (Å²) in [6.07, 6.45) is -1.88. The predicted octanol–water partition coefficient (Wildman–Crippen LogP) is 1.17. The third-order valence-electron chi connectivity index (χ3n) is 2.37. The second kappa shape index (κ2) is 6.25. The number of nitrogen functional groups attached to an aromatic ring is 1. The maximum absolute atomic E-state index is 12.9. The van der Waals surface area contributed by atoms with Crippen LogP contribution < -0.4 is 11.5 Å². The van der Waals surface area contributed by atoms with Gasteiger partial charge >= 0.3 is 5.97 Å². The highest BCUT2D eigenvalue weighted by Gasteiger charge is 2.21. The molecule has 0 unspecified atom stereocenters. The number of aromatic nitrogens is 1. The van der Waals surface area contributed by atoms with Crippen molar-refractivity contribution in [3.63, 3.8) is 0 Å². The molecule has 0 radical (unpaired) electrons. The van der Waals surface area contributed by atoms with Gasteiger partial charge in [0.2, 0.25) is 0 Å². The maximum Gasteiger partial charge on any atom is 0.310 e. The van der Waals surface area contributed by atoms with Gasteiger partial charge in [0.25, 0.3) is 6.43 Å². The largest absolute Gasteiger partial charge is 0.466 e. The lowest BCUT2D eigenvalue weighted by Gasteiger charge is -2.13. The Balaban J connectivity index is 3.11. The Morgan fingerprint density at radius 2 is 2.22 bits per heavy atom. The highest BCUT2D eigenvalue weighted by molar-refractivity contribution is 5.74. The first-order valence-electron chi connectivity index (χ1n) is 5.41. The summed E-state index contributed by atoms with van der Waals surface area (Å²) >= 11 is 0. The van der Waals surface area contributed by atoms with Crippen LogP contribution in [-0.2, 0) is 22.5 Å². The second-order valence-corrected chi connectivity index (χ2v) is 3.54. The lowest BCUT2D eigenvalue weighted by molar-refractivity contribution is -0.142. The van der Waals surface area contributed by atoms with E-state index >= 15 is 0 Å². The molecule has 0 aromatic carbocycles. The number of alkyl halides is 2. The summed E-state index contributed by atoms with van der Waals surface area (Å²) in [5.74, 6) is -0.596. The van der Waals surface area contributed by atoms with Gasteiger partial charge in [-0.3, -0.25) is 9.78 Å². The molecule has 1 heterocycles. The molecule has 18 heavy (non-hydrogen) atoms. The van der Waals surface area contributed by atoms with Crippen LogP contribution in [0.1, 0.15) is 30.2 Å². The van der Waals surface area contributed by atoms with Crippen LogP contribution in [0.25, 0.3) is 0 Å². The van der Waals surface area contributed by atoms with Gasteiger partial charge in [-0.25, -0.2) is 8.78 Å². The molecule has 5 nitrogen and oxygen atoms in total. The number of ether oxygens (including phenoxy) is 1. The maximum atomic E-state index is 12.9. The van der Waals surface area contributed by atoms with E-state index in [-0.39, 0.29) is 36.5 Å². The lowest BCUT2D eigenvalue weighted by atomic mass is 10.0. The molecule has 0 bridgehead atoms. The standard InChI is InChI=1S/C11H15F2N3O2/c1-2-18-8(17)3-6-5-16-7(4-14)10(15)9(6)11(12)13/h5,11H,2-4,14-15H2,1H3. The zero-order chi connectivity index (χ0) is 13.7. The van der Waals surface area contributed by atoms with Gasteiger partial charge in [0, 0.05) is 18.3 Å². The predicted molar refractivity (Wildman–Crippen MR) is 61.8 cm³/mol. The third-order valence-corrected chi connectivity index (χ3v) is 2.37. The number of hydrogen-bond acceptors (Lipinski definition) is 5. The minimum absolute atomic E-state index is 0.0365. The summed E-state index contributed by atoms with van der Waals surface area (Å²) in [7, 11) is 0. The number of nitrogens with two attached hydrogens (primary N) is 2. The van der Waals surface area contributed by atoms with Crippen molar-refractivity contribution in [3.05, 3.63) is 23.0 Å². The van der Waals surface area contributed by atoms with Crippen molar-refractivity contribution in [1.29, 1.82) is 0 Å². The third kappa shape index (κ3) is 3.13. The van der Waals surface area contributed by atoms with E-state index in [2.05, 4.69) is 4.98 Å². The minimum Gasteiger partial charge on any atom is -0.466 e. The van der Waals surface area contributed by atoms with Crippen LogP contribution in [0.15, 0.2) is 6.20 Å². The molecule has 100 valence electrons. The van der Waals surface area contributed by atoms with Crippen molar-refractivity contribution < 1.29 is 18.3 Å². The molecule has 0 saturated carbocycles.